The van der Waals surface area contributed by atoms with Crippen molar-refractivity contribution in [1.29, 1.82) is 0 Å². The molecule has 0 fully saturated rings. The fourth-order valence-electron chi connectivity index (χ4n) is 9.74. The molecule has 0 amide bonds. The van der Waals surface area contributed by atoms with Crippen LogP contribution in [-0.4, -0.2) is 0 Å². The Morgan fingerprint density at radius 3 is 1.09 bits per heavy atom. The van der Waals surface area contributed by atoms with Crippen LogP contribution in [0.15, 0.2) is 167 Å². The van der Waals surface area contributed by atoms with Gasteiger partial charge in [0.05, 0.1) is 0 Å². The summed E-state index contributed by atoms with van der Waals surface area (Å²) in [5, 5.41) is 4.95. The average Bonchev–Trinajstić information content (AvgIpc) is 3.33. The predicted octanol–water partition coefficient (Wildman–Crippen LogP) is 20.5. The first-order chi connectivity index (χ1) is 32.3. The Morgan fingerprint density at radius 1 is 0.348 bits per heavy atom. The molecule has 0 saturated carbocycles. The zero-order valence-electron chi connectivity index (χ0n) is 39.6. The van der Waals surface area contributed by atoms with E-state index in [9.17, 15) is 0 Å². The lowest BCUT2D eigenvalue weighted by atomic mass is 9.87. The minimum absolute atomic E-state index is 1.06. The third kappa shape index (κ3) is 11.5. The Morgan fingerprint density at radius 2 is 0.697 bits per heavy atom. The van der Waals surface area contributed by atoms with Gasteiger partial charge in [0, 0.05) is 43.1 Å². The summed E-state index contributed by atoms with van der Waals surface area (Å²) in [5.41, 5.74) is 14.7. The van der Waals surface area contributed by atoms with Gasteiger partial charge in [-0.1, -0.05) is 183 Å². The van der Waals surface area contributed by atoms with Crippen LogP contribution >= 0.6 is 31.9 Å². The smallest absolute Gasteiger partial charge is 0.0472 e. The Balaban J connectivity index is 1.19. The van der Waals surface area contributed by atoms with Crippen molar-refractivity contribution in [3.8, 4) is 11.1 Å². The van der Waals surface area contributed by atoms with Gasteiger partial charge in [-0.05, 0) is 179 Å². The molecule has 0 aromatic heterocycles. The van der Waals surface area contributed by atoms with E-state index in [-0.39, 0.29) is 0 Å². The average molecular weight is 999 g/mol. The number of halogens is 2. The quantitative estimate of drug-likeness (QED) is 0.0662. The highest BCUT2D eigenvalue weighted by molar-refractivity contribution is 9.10. The molecule has 338 valence electrons. The lowest BCUT2D eigenvalue weighted by Gasteiger charge is -2.27. The molecule has 0 saturated heterocycles. The first-order valence-electron chi connectivity index (χ1n) is 24.7. The monoisotopic (exact) mass is 996 g/mol. The van der Waals surface area contributed by atoms with E-state index >= 15 is 0 Å². The zero-order chi connectivity index (χ0) is 45.8. The van der Waals surface area contributed by atoms with Crippen LogP contribution in [0.2, 0.25) is 0 Å². The largest absolute Gasteiger partial charge is 0.310 e. The van der Waals surface area contributed by atoms with Crippen LogP contribution < -0.4 is 9.80 Å². The summed E-state index contributed by atoms with van der Waals surface area (Å²) in [5.74, 6) is 0. The van der Waals surface area contributed by atoms with Gasteiger partial charge in [0.25, 0.3) is 0 Å². The summed E-state index contributed by atoms with van der Waals surface area (Å²) in [6.45, 7) is 9.13. The van der Waals surface area contributed by atoms with Crippen LogP contribution in [0.3, 0.4) is 0 Å². The maximum atomic E-state index is 3.80. The fraction of sp³-hybridized carbons (Fsp3) is 0.290. The van der Waals surface area contributed by atoms with Crippen molar-refractivity contribution in [3.05, 3.63) is 189 Å². The summed E-state index contributed by atoms with van der Waals surface area (Å²) in [6.07, 6.45) is 18.0. The van der Waals surface area contributed by atoms with Gasteiger partial charge in [-0.2, -0.15) is 0 Å². The number of nitrogens with zero attached hydrogens (tertiary/aromatic N) is 2. The molecule has 0 aliphatic heterocycles. The molecule has 0 unspecified atom stereocenters. The van der Waals surface area contributed by atoms with Crippen LogP contribution in [0.25, 0.3) is 32.7 Å². The number of unbranched alkanes of at least 4 members (excludes halogenated alkanes) is 10. The summed E-state index contributed by atoms with van der Waals surface area (Å²) < 4.78 is 2.12. The first-order valence-corrected chi connectivity index (χ1v) is 26.3. The van der Waals surface area contributed by atoms with Crippen LogP contribution in [0, 0.1) is 13.8 Å². The van der Waals surface area contributed by atoms with Gasteiger partial charge >= 0.3 is 0 Å². The maximum absolute atomic E-state index is 3.80. The van der Waals surface area contributed by atoms with Gasteiger partial charge < -0.3 is 9.80 Å². The summed E-state index contributed by atoms with van der Waals surface area (Å²) in [4.78, 5) is 4.82. The molecule has 8 rings (SSSR count). The van der Waals surface area contributed by atoms with Crippen molar-refractivity contribution in [2.45, 2.75) is 118 Å². The second kappa shape index (κ2) is 23.0. The lowest BCUT2D eigenvalue weighted by Crippen LogP contribution is -2.10. The Labute approximate surface area is 412 Å². The first kappa shape index (κ1) is 47.3. The molecule has 8 aromatic carbocycles. The van der Waals surface area contributed by atoms with Crippen molar-refractivity contribution in [1.82, 2.24) is 0 Å². The summed E-state index contributed by atoms with van der Waals surface area (Å²) in [7, 11) is 0. The number of rotatable bonds is 21. The molecular weight excluding hydrogens is 933 g/mol. The van der Waals surface area contributed by atoms with Gasteiger partial charge in [0.1, 0.15) is 0 Å². The van der Waals surface area contributed by atoms with E-state index in [1.807, 2.05) is 0 Å². The number of hydrogen-bond acceptors (Lipinski definition) is 2. The Kier molecular flexibility index (Phi) is 16.5. The van der Waals surface area contributed by atoms with Crippen molar-refractivity contribution < 1.29 is 0 Å². The van der Waals surface area contributed by atoms with Crippen LogP contribution in [0.5, 0.6) is 0 Å². The van der Waals surface area contributed by atoms with Gasteiger partial charge in [0.2, 0.25) is 0 Å². The normalized spacial score (nSPS) is 11.4. The van der Waals surface area contributed by atoms with Gasteiger partial charge in [-0.3, -0.25) is 0 Å². The highest BCUT2D eigenvalue weighted by atomic mass is 79.9. The van der Waals surface area contributed by atoms with E-state index in [0.717, 1.165) is 55.9 Å². The molecule has 2 nitrogen and oxygen atoms in total. The van der Waals surface area contributed by atoms with Gasteiger partial charge in [0.15, 0.2) is 0 Å². The van der Waals surface area contributed by atoms with Gasteiger partial charge in [-0.25, -0.2) is 0 Å². The van der Waals surface area contributed by atoms with E-state index in [0.29, 0.717) is 0 Å². The zero-order valence-corrected chi connectivity index (χ0v) is 42.7. The lowest BCUT2D eigenvalue weighted by molar-refractivity contribution is 0.607. The number of fused-ring (bicyclic) bond motifs is 2. The molecule has 4 heteroatoms. The Hall–Kier alpha value is -5.16. The molecule has 0 bridgehead atoms. The minimum atomic E-state index is 1.06. The summed E-state index contributed by atoms with van der Waals surface area (Å²) >= 11 is 7.60. The molecule has 66 heavy (non-hydrogen) atoms. The van der Waals surface area contributed by atoms with Crippen molar-refractivity contribution in [2.75, 3.05) is 9.80 Å². The van der Waals surface area contributed by atoms with Crippen LogP contribution in [-0.2, 0) is 12.8 Å². The number of anilines is 6. The molecule has 0 atom stereocenters. The van der Waals surface area contributed by atoms with Crippen molar-refractivity contribution >= 4 is 87.5 Å². The molecular formula is C62H66Br2N2. The molecule has 0 heterocycles. The Bertz CT molecular complexity index is 2650. The molecule has 8 aromatic rings. The van der Waals surface area contributed by atoms with E-state index in [1.165, 1.54) is 132 Å². The molecule has 0 aliphatic rings. The minimum Gasteiger partial charge on any atom is -0.310 e. The van der Waals surface area contributed by atoms with E-state index in [4.69, 9.17) is 0 Å². The maximum Gasteiger partial charge on any atom is 0.0472 e. The van der Waals surface area contributed by atoms with Crippen molar-refractivity contribution in [2.24, 2.45) is 0 Å². The third-order valence-electron chi connectivity index (χ3n) is 13.4. The highest BCUT2D eigenvalue weighted by Gasteiger charge is 2.20. The second-order valence-corrected chi connectivity index (χ2v) is 20.2. The fourth-order valence-corrected chi connectivity index (χ4v) is 10.5. The van der Waals surface area contributed by atoms with E-state index < -0.39 is 0 Å². The molecule has 0 spiro atoms. The van der Waals surface area contributed by atoms with Crippen LogP contribution in [0.1, 0.15) is 113 Å². The topological polar surface area (TPSA) is 6.48 Å². The number of benzene rings is 8. The molecule has 0 radical (unpaired) electrons. The predicted molar refractivity (Wildman–Crippen MR) is 295 cm³/mol. The van der Waals surface area contributed by atoms with E-state index in [1.54, 1.807) is 0 Å². The van der Waals surface area contributed by atoms with Crippen LogP contribution in [0.4, 0.5) is 34.1 Å². The molecule has 0 N–H and O–H groups in total. The summed E-state index contributed by atoms with van der Waals surface area (Å²) in [6, 6.07) is 59.2. The van der Waals surface area contributed by atoms with Gasteiger partial charge in [-0.15, -0.1) is 0 Å². The standard InChI is InChI=1S/C62H66Br2N2/c1-5-7-9-11-13-15-19-47-27-35-53(36-28-47)65(55-23-17-21-51(63)41-55)57-39-33-49-31-25-45(3)61(59(49)43-57)62-46(4)26-32-50-34-40-58(44-60(50)62)66(56-24-18-22-52(64)42-56)54-37-29-48(30-38-54)20-16-14-12-10-8-6-2/h17-18,21-44H,5-16,19-20H2,1-4H3. The highest BCUT2D eigenvalue weighted by Crippen LogP contribution is 2.45. The second-order valence-electron chi connectivity index (χ2n) is 18.3. The van der Waals surface area contributed by atoms with Crippen molar-refractivity contribution in [3.63, 3.8) is 0 Å². The SMILES string of the molecule is CCCCCCCCc1ccc(N(c2cccc(Br)c2)c2ccc3ccc(C)c(-c4c(C)ccc5ccc(N(c6ccc(CCCCCCCC)cc6)c6cccc(Br)c6)cc45)c3c2)cc1. The number of hydrogen-bond donors (Lipinski definition) is 0. The number of aryl methyl sites for hydroxylation is 4. The molecule has 0 aliphatic carbocycles. The third-order valence-corrected chi connectivity index (χ3v) is 14.3. The van der Waals surface area contributed by atoms with E-state index in [2.05, 4.69) is 227 Å².